The molecule has 0 saturated heterocycles. The van der Waals surface area contributed by atoms with Gasteiger partial charge in [0.2, 0.25) is 0 Å². The van der Waals surface area contributed by atoms with Crippen LogP contribution in [-0.4, -0.2) is 50.5 Å². The quantitative estimate of drug-likeness (QED) is 0.226. The van der Waals surface area contributed by atoms with Gasteiger partial charge in [-0.15, -0.1) is 0 Å². The number of carbonyl (C=O) groups excluding carboxylic acids is 2. The van der Waals surface area contributed by atoms with Crippen molar-refractivity contribution < 1.29 is 23.8 Å². The molecule has 3 heterocycles. The number of methoxy groups -OCH3 is 1. The lowest BCUT2D eigenvalue weighted by Crippen LogP contribution is -2.34. The Labute approximate surface area is 253 Å². The summed E-state index contributed by atoms with van der Waals surface area (Å²) < 4.78 is 19.7. The number of pyridine rings is 2. The van der Waals surface area contributed by atoms with Gasteiger partial charge in [-0.3, -0.25) is 24.0 Å². The van der Waals surface area contributed by atoms with Crippen molar-refractivity contribution in [3.63, 3.8) is 0 Å². The average Bonchev–Trinajstić information content (AvgIpc) is 3.26. The minimum Gasteiger partial charge on any atom is -0.497 e. The third-order valence-electron chi connectivity index (χ3n) is 6.86. The van der Waals surface area contributed by atoms with E-state index in [1.807, 2.05) is 24.3 Å². The number of nitrogens with two attached hydrogens (primary N) is 1. The normalized spacial score (nSPS) is 12.4. The summed E-state index contributed by atoms with van der Waals surface area (Å²) in [5, 5.41) is 3.50. The van der Waals surface area contributed by atoms with Gasteiger partial charge in [-0.25, -0.2) is 9.67 Å². The third kappa shape index (κ3) is 6.30. The van der Waals surface area contributed by atoms with Crippen molar-refractivity contribution in [1.29, 1.82) is 0 Å². The van der Waals surface area contributed by atoms with Gasteiger partial charge in [-0.1, -0.05) is 18.2 Å². The summed E-state index contributed by atoms with van der Waals surface area (Å²) in [7, 11) is 1.59. The molecule has 0 aliphatic carbocycles. The van der Waals surface area contributed by atoms with E-state index in [4.69, 9.17) is 19.9 Å². The van der Waals surface area contributed by atoms with Gasteiger partial charge in [-0.05, 0) is 63.2 Å². The molecule has 3 aromatic heterocycles. The second-order valence-corrected chi connectivity index (χ2v) is 10.2. The van der Waals surface area contributed by atoms with E-state index in [9.17, 15) is 14.4 Å². The second-order valence-electron chi connectivity index (χ2n) is 10.2. The molecule has 12 nitrogen and oxygen atoms in total. The number of hydrogen-bond donors (Lipinski definition) is 2. The number of ether oxygens (including phenoxy) is 3. The number of hydrogen-bond acceptors (Lipinski definition) is 9. The fourth-order valence-corrected chi connectivity index (χ4v) is 4.68. The Morgan fingerprint density at radius 3 is 2.43 bits per heavy atom. The maximum atomic E-state index is 13.7. The van der Waals surface area contributed by atoms with Crippen LogP contribution in [0.15, 0.2) is 83.9 Å². The Balaban J connectivity index is 1.38. The number of esters is 1. The van der Waals surface area contributed by atoms with Crippen LogP contribution in [0.2, 0.25) is 0 Å². The molecular weight excluding hydrogens is 564 g/mol. The van der Waals surface area contributed by atoms with Gasteiger partial charge in [0, 0.05) is 17.6 Å². The van der Waals surface area contributed by atoms with Crippen molar-refractivity contribution in [3.8, 4) is 22.9 Å². The Kier molecular flexibility index (Phi) is 8.72. The predicted octanol–water partition coefficient (Wildman–Crippen LogP) is 4.22. The molecule has 0 aliphatic rings. The highest BCUT2D eigenvalue weighted by Crippen LogP contribution is 2.30. The Morgan fingerprint density at radius 2 is 1.75 bits per heavy atom. The first-order valence-corrected chi connectivity index (χ1v) is 13.9. The third-order valence-corrected chi connectivity index (χ3v) is 6.86. The molecule has 0 bridgehead atoms. The molecule has 0 fully saturated rings. The molecule has 0 saturated carbocycles. The zero-order chi connectivity index (χ0) is 31.4. The monoisotopic (exact) mass is 596 g/mol. The summed E-state index contributed by atoms with van der Waals surface area (Å²) in [5.74, 6) is 0.731. The minimum atomic E-state index is -0.793. The molecule has 12 heteroatoms. The molecule has 2 aromatic carbocycles. The summed E-state index contributed by atoms with van der Waals surface area (Å²) in [6, 6.07) is 18.6. The largest absolute Gasteiger partial charge is 0.497 e. The number of nitrogens with one attached hydrogen (secondary N) is 1. The van der Waals surface area contributed by atoms with Crippen molar-refractivity contribution in [1.82, 2.24) is 19.3 Å². The van der Waals surface area contributed by atoms with Crippen LogP contribution in [0.3, 0.4) is 0 Å². The second kappa shape index (κ2) is 12.8. The van der Waals surface area contributed by atoms with E-state index in [2.05, 4.69) is 15.3 Å². The smallest absolute Gasteiger partial charge is 0.322 e. The van der Waals surface area contributed by atoms with Crippen molar-refractivity contribution in [2.75, 3.05) is 12.4 Å². The number of aromatic nitrogens is 4. The summed E-state index contributed by atoms with van der Waals surface area (Å²) >= 11 is 0. The van der Waals surface area contributed by atoms with Gasteiger partial charge < -0.3 is 25.3 Å². The summed E-state index contributed by atoms with van der Waals surface area (Å²) in [5.41, 5.74) is 6.69. The number of amides is 1. The van der Waals surface area contributed by atoms with Gasteiger partial charge in [0.05, 0.1) is 36.7 Å². The number of nitrogens with zero attached hydrogens (tertiary/aromatic N) is 4. The van der Waals surface area contributed by atoms with Gasteiger partial charge in [0.1, 0.15) is 40.8 Å². The molecule has 2 unspecified atom stereocenters. The zero-order valence-corrected chi connectivity index (χ0v) is 24.7. The standard InChI is InChI=1S/C32H32N6O6/c1-19(43-32(41)20(2)33)18-37-21(3)29(31(40)38(37)22-8-6-5-7-9-22)30(39)36-28-13-11-24(17-35-28)44-27-14-15-34-26-16-23(42-4)10-12-25(26)27/h5-17,19-20H,18,33H2,1-4H3,(H,35,36,39). The number of anilines is 1. The van der Waals surface area contributed by atoms with Crippen LogP contribution < -0.4 is 26.1 Å². The maximum Gasteiger partial charge on any atom is 0.322 e. The van der Waals surface area contributed by atoms with E-state index >= 15 is 0 Å². The highest BCUT2D eigenvalue weighted by atomic mass is 16.5. The number of rotatable bonds is 10. The van der Waals surface area contributed by atoms with Crippen LogP contribution in [0.1, 0.15) is 29.9 Å². The van der Waals surface area contributed by atoms with Crippen LogP contribution in [0.4, 0.5) is 5.82 Å². The first-order valence-electron chi connectivity index (χ1n) is 13.9. The minimum absolute atomic E-state index is 0.0691. The van der Waals surface area contributed by atoms with E-state index < -0.39 is 29.6 Å². The van der Waals surface area contributed by atoms with Gasteiger partial charge in [0.15, 0.2) is 0 Å². The molecule has 2 atom stereocenters. The fraction of sp³-hybridized carbons (Fsp3) is 0.219. The summed E-state index contributed by atoms with van der Waals surface area (Å²) in [4.78, 5) is 47.9. The van der Waals surface area contributed by atoms with Crippen LogP contribution in [0.25, 0.3) is 16.6 Å². The first-order chi connectivity index (χ1) is 21.2. The SMILES string of the molecule is COc1ccc2c(Oc3ccc(NC(=O)c4c(C)n(CC(C)OC(=O)C(C)N)n(-c5ccccc5)c4=O)nc3)ccnc2c1. The number of carbonyl (C=O) groups is 2. The molecule has 226 valence electrons. The lowest BCUT2D eigenvalue weighted by atomic mass is 10.2. The molecule has 0 spiro atoms. The first kappa shape index (κ1) is 30.0. The average molecular weight is 597 g/mol. The van der Waals surface area contributed by atoms with E-state index in [1.54, 1.807) is 74.3 Å². The number of benzene rings is 2. The molecule has 3 N–H and O–H groups in total. The molecule has 5 aromatic rings. The van der Waals surface area contributed by atoms with Crippen molar-refractivity contribution >= 4 is 28.6 Å². The van der Waals surface area contributed by atoms with Crippen LogP contribution >= 0.6 is 0 Å². The Hall–Kier alpha value is -5.49. The molecule has 5 rings (SSSR count). The van der Waals surface area contributed by atoms with E-state index in [-0.39, 0.29) is 17.9 Å². The molecular formula is C32H32N6O6. The van der Waals surface area contributed by atoms with Crippen molar-refractivity contribution in [2.24, 2.45) is 5.73 Å². The topological polar surface area (TPSA) is 153 Å². The lowest BCUT2D eigenvalue weighted by Gasteiger charge is -2.19. The van der Waals surface area contributed by atoms with Gasteiger partial charge in [0.25, 0.3) is 11.5 Å². The van der Waals surface area contributed by atoms with Gasteiger partial charge in [-0.2, -0.15) is 0 Å². The lowest BCUT2D eigenvalue weighted by molar-refractivity contribution is -0.150. The Morgan fingerprint density at radius 1 is 1.00 bits per heavy atom. The van der Waals surface area contributed by atoms with Crippen LogP contribution in [-0.2, 0) is 16.1 Å². The Bertz CT molecular complexity index is 1860. The highest BCUT2D eigenvalue weighted by Gasteiger charge is 2.26. The van der Waals surface area contributed by atoms with Crippen molar-refractivity contribution in [3.05, 3.63) is 101 Å². The van der Waals surface area contributed by atoms with Crippen LogP contribution in [0, 0.1) is 6.92 Å². The fourth-order valence-electron chi connectivity index (χ4n) is 4.68. The van der Waals surface area contributed by atoms with Crippen molar-refractivity contribution in [2.45, 2.75) is 39.5 Å². The maximum absolute atomic E-state index is 13.7. The number of para-hydroxylation sites is 1. The molecule has 44 heavy (non-hydrogen) atoms. The molecule has 0 aliphatic heterocycles. The van der Waals surface area contributed by atoms with E-state index in [1.165, 1.54) is 17.8 Å². The predicted molar refractivity (Wildman–Crippen MR) is 165 cm³/mol. The zero-order valence-electron chi connectivity index (χ0n) is 24.7. The van der Waals surface area contributed by atoms with E-state index in [0.29, 0.717) is 34.1 Å². The van der Waals surface area contributed by atoms with E-state index in [0.717, 1.165) is 5.39 Å². The highest BCUT2D eigenvalue weighted by molar-refractivity contribution is 6.04. The van der Waals surface area contributed by atoms with Crippen LogP contribution in [0.5, 0.6) is 17.2 Å². The molecule has 0 radical (unpaired) electrons. The molecule has 1 amide bonds. The number of fused-ring (bicyclic) bond motifs is 1. The summed E-state index contributed by atoms with van der Waals surface area (Å²) in [6.45, 7) is 5.00. The van der Waals surface area contributed by atoms with Gasteiger partial charge >= 0.3 is 5.97 Å². The summed E-state index contributed by atoms with van der Waals surface area (Å²) in [6.07, 6.45) is 2.48.